The highest BCUT2D eigenvalue weighted by atomic mass is 36.5. The van der Waals surface area contributed by atoms with E-state index in [-0.39, 0.29) is 11.8 Å². The van der Waals surface area contributed by atoms with E-state index < -0.39 is 0 Å². The maximum Gasteiger partial charge on any atom is 0.163 e. The van der Waals surface area contributed by atoms with Gasteiger partial charge in [-0.2, -0.15) is 0 Å². The SMILES string of the molecule is CC(C)CC(N)C(=O)CN1CCCc2cc(O)ccc2C1.ClCl. The quantitative estimate of drug-likeness (QED) is 0.843. The van der Waals surface area contributed by atoms with Crippen LogP contribution >= 0.6 is 21.7 Å². The lowest BCUT2D eigenvalue weighted by Crippen LogP contribution is -2.40. The van der Waals surface area contributed by atoms with Gasteiger partial charge in [0.2, 0.25) is 0 Å². The van der Waals surface area contributed by atoms with Crippen LogP contribution in [0.1, 0.15) is 37.8 Å². The number of phenols is 1. The van der Waals surface area contributed by atoms with E-state index in [1.807, 2.05) is 12.1 Å². The van der Waals surface area contributed by atoms with Gasteiger partial charge in [-0.3, -0.25) is 9.69 Å². The molecule has 6 heteroatoms. The fraction of sp³-hybridized carbons (Fsp3) is 0.588. The molecule has 3 N–H and O–H groups in total. The molecule has 0 saturated heterocycles. The summed E-state index contributed by atoms with van der Waals surface area (Å²) >= 11 is 0. The van der Waals surface area contributed by atoms with Crippen LogP contribution in [0.4, 0.5) is 0 Å². The van der Waals surface area contributed by atoms with Gasteiger partial charge in [0.05, 0.1) is 12.6 Å². The lowest BCUT2D eigenvalue weighted by Gasteiger charge is -2.22. The first-order valence-electron chi connectivity index (χ1n) is 7.91. The van der Waals surface area contributed by atoms with Gasteiger partial charge < -0.3 is 10.8 Å². The molecule has 0 fully saturated rings. The molecule has 1 aliphatic rings. The van der Waals surface area contributed by atoms with Gasteiger partial charge in [0.15, 0.2) is 5.78 Å². The molecule has 4 nitrogen and oxygen atoms in total. The summed E-state index contributed by atoms with van der Waals surface area (Å²) in [5.41, 5.74) is 8.37. The topological polar surface area (TPSA) is 66.6 Å². The van der Waals surface area contributed by atoms with Gasteiger partial charge in [0, 0.05) is 28.3 Å². The van der Waals surface area contributed by atoms with Crippen molar-refractivity contribution in [3.05, 3.63) is 29.3 Å². The van der Waals surface area contributed by atoms with E-state index in [0.29, 0.717) is 18.2 Å². The van der Waals surface area contributed by atoms with E-state index in [9.17, 15) is 9.90 Å². The monoisotopic (exact) mass is 360 g/mol. The van der Waals surface area contributed by atoms with Crippen LogP contribution < -0.4 is 5.73 Å². The highest BCUT2D eigenvalue weighted by Crippen LogP contribution is 2.22. The number of hydrogen-bond acceptors (Lipinski definition) is 4. The molecular weight excluding hydrogens is 335 g/mol. The maximum absolute atomic E-state index is 12.2. The number of phenolic OH excluding ortho intramolecular Hbond substituents is 1. The fourth-order valence-corrected chi connectivity index (χ4v) is 2.92. The first-order valence-corrected chi connectivity index (χ1v) is 9.05. The zero-order valence-corrected chi connectivity index (χ0v) is 15.3. The molecule has 1 aromatic rings. The molecule has 1 atom stereocenters. The van der Waals surface area contributed by atoms with Gasteiger partial charge in [-0.15, -0.1) is 0 Å². The molecule has 0 bridgehead atoms. The minimum atomic E-state index is -0.354. The van der Waals surface area contributed by atoms with Crippen LogP contribution in [0.5, 0.6) is 5.75 Å². The molecule has 130 valence electrons. The summed E-state index contributed by atoms with van der Waals surface area (Å²) < 4.78 is 0. The number of nitrogens with zero attached hydrogens (tertiary/aromatic N) is 1. The van der Waals surface area contributed by atoms with Crippen LogP contribution in [0.15, 0.2) is 18.2 Å². The zero-order chi connectivity index (χ0) is 17.4. The number of halogens is 2. The molecule has 2 rings (SSSR count). The van der Waals surface area contributed by atoms with Crippen molar-refractivity contribution in [2.24, 2.45) is 11.7 Å². The van der Waals surface area contributed by atoms with E-state index in [1.165, 1.54) is 11.1 Å². The van der Waals surface area contributed by atoms with E-state index in [4.69, 9.17) is 5.73 Å². The van der Waals surface area contributed by atoms with Crippen LogP contribution in [0.25, 0.3) is 0 Å². The maximum atomic E-state index is 12.2. The second-order valence-corrected chi connectivity index (χ2v) is 6.47. The minimum absolute atomic E-state index is 0.130. The standard InChI is InChI=1S/C17H26N2O2.Cl2/c1-12(2)8-16(18)17(21)11-19-7-3-4-13-9-15(20)6-5-14(13)10-19;1-2/h5-6,9,12,16,20H,3-4,7-8,10-11,18H2,1-2H3;. The Balaban J connectivity index is 0.00000127. The van der Waals surface area contributed by atoms with E-state index in [0.717, 1.165) is 32.4 Å². The predicted molar refractivity (Wildman–Crippen MR) is 95.8 cm³/mol. The minimum Gasteiger partial charge on any atom is -0.508 e. The third-order valence-electron chi connectivity index (χ3n) is 4.02. The highest BCUT2D eigenvalue weighted by molar-refractivity contribution is 6.85. The lowest BCUT2D eigenvalue weighted by atomic mass is 10.0. The van der Waals surface area contributed by atoms with Crippen LogP contribution in [0.3, 0.4) is 0 Å². The molecule has 23 heavy (non-hydrogen) atoms. The van der Waals surface area contributed by atoms with Crippen molar-refractivity contribution in [3.63, 3.8) is 0 Å². The number of benzene rings is 1. The number of rotatable bonds is 5. The number of hydrogen-bond donors (Lipinski definition) is 2. The van der Waals surface area contributed by atoms with Crippen molar-refractivity contribution in [1.82, 2.24) is 4.90 Å². The third-order valence-corrected chi connectivity index (χ3v) is 4.02. The number of carbonyl (C=O) groups is 1. The first kappa shape index (κ1) is 20.2. The summed E-state index contributed by atoms with van der Waals surface area (Å²) in [6, 6.07) is 5.16. The normalized spacial score (nSPS) is 16.1. The molecule has 0 saturated carbocycles. The van der Waals surface area contributed by atoms with Gasteiger partial charge in [-0.05, 0) is 55.0 Å². The van der Waals surface area contributed by atoms with Crippen LogP contribution in [0, 0.1) is 5.92 Å². The zero-order valence-electron chi connectivity index (χ0n) is 13.8. The summed E-state index contributed by atoms with van der Waals surface area (Å²) in [7, 11) is 8.22. The van der Waals surface area contributed by atoms with Crippen molar-refractivity contribution in [1.29, 1.82) is 0 Å². The van der Waals surface area contributed by atoms with Crippen LogP contribution in [-0.2, 0) is 17.8 Å². The Bertz CT molecular complexity index is 509. The van der Waals surface area contributed by atoms with Gasteiger partial charge in [0.25, 0.3) is 0 Å². The Hall–Kier alpha value is -0.810. The number of ketones is 1. The third kappa shape index (κ3) is 6.68. The Morgan fingerprint density at radius 2 is 2.04 bits per heavy atom. The predicted octanol–water partition coefficient (Wildman–Crippen LogP) is 3.46. The lowest BCUT2D eigenvalue weighted by molar-refractivity contribution is -0.121. The molecule has 0 aliphatic carbocycles. The molecule has 0 spiro atoms. The number of Topliss-reactive ketones (excluding diaryl/α,β-unsaturated/α-hetero) is 1. The summed E-state index contributed by atoms with van der Waals surface area (Å²) in [4.78, 5) is 14.4. The van der Waals surface area contributed by atoms with Crippen molar-refractivity contribution >= 4 is 27.5 Å². The van der Waals surface area contributed by atoms with E-state index in [1.54, 1.807) is 6.07 Å². The Morgan fingerprint density at radius 3 is 2.70 bits per heavy atom. The first-order chi connectivity index (χ1) is 11.0. The van der Waals surface area contributed by atoms with Gasteiger partial charge in [-0.1, -0.05) is 19.9 Å². The van der Waals surface area contributed by atoms with Gasteiger partial charge >= 0.3 is 0 Å². The van der Waals surface area contributed by atoms with Crippen LogP contribution in [0.2, 0.25) is 0 Å². The van der Waals surface area contributed by atoms with Gasteiger partial charge in [0.1, 0.15) is 5.75 Å². The molecule has 1 unspecified atom stereocenters. The highest BCUT2D eigenvalue weighted by Gasteiger charge is 2.21. The average Bonchev–Trinajstić information content (AvgIpc) is 2.70. The van der Waals surface area contributed by atoms with E-state index >= 15 is 0 Å². The Morgan fingerprint density at radius 1 is 1.35 bits per heavy atom. The fourth-order valence-electron chi connectivity index (χ4n) is 2.92. The second-order valence-electron chi connectivity index (χ2n) is 6.47. The molecular formula is C17H26Cl2N2O2. The van der Waals surface area contributed by atoms with Gasteiger partial charge in [-0.25, -0.2) is 0 Å². The van der Waals surface area contributed by atoms with Crippen LogP contribution in [-0.4, -0.2) is 34.9 Å². The average molecular weight is 361 g/mol. The van der Waals surface area contributed by atoms with Crippen molar-refractivity contribution in [3.8, 4) is 5.75 Å². The van der Waals surface area contributed by atoms with Crippen molar-refractivity contribution < 1.29 is 9.90 Å². The molecule has 1 heterocycles. The summed E-state index contributed by atoms with van der Waals surface area (Å²) in [6.07, 6.45) is 2.70. The largest absolute Gasteiger partial charge is 0.508 e. The number of nitrogens with two attached hydrogens (primary N) is 1. The summed E-state index contributed by atoms with van der Waals surface area (Å²) in [5.74, 6) is 0.889. The van der Waals surface area contributed by atoms with E-state index in [2.05, 4.69) is 40.5 Å². The second kappa shape index (κ2) is 10.1. The molecule has 1 aliphatic heterocycles. The molecule has 0 amide bonds. The summed E-state index contributed by atoms with van der Waals surface area (Å²) in [5, 5.41) is 9.56. The molecule has 0 radical (unpaired) electrons. The molecule has 1 aromatic carbocycles. The number of fused-ring (bicyclic) bond motifs is 1. The van der Waals surface area contributed by atoms with Crippen molar-refractivity contribution in [2.75, 3.05) is 13.1 Å². The number of carbonyl (C=O) groups excluding carboxylic acids is 1. The summed E-state index contributed by atoms with van der Waals surface area (Å²) in [6.45, 7) is 6.25. The smallest absolute Gasteiger partial charge is 0.163 e. The van der Waals surface area contributed by atoms with Crippen molar-refractivity contribution in [2.45, 2.75) is 45.7 Å². The molecule has 0 aromatic heterocycles. The number of aromatic hydroxyl groups is 1. The Labute approximate surface area is 148 Å². The Kier molecular flexibility index (Phi) is 8.92. The number of aryl methyl sites for hydroxylation is 1.